The number of benzene rings is 1. The molecule has 0 aliphatic heterocycles. The van der Waals surface area contributed by atoms with Crippen molar-refractivity contribution in [3.8, 4) is 0 Å². The van der Waals surface area contributed by atoms with E-state index >= 15 is 0 Å². The second-order valence-corrected chi connectivity index (χ2v) is 7.78. The highest BCUT2D eigenvalue weighted by Gasteiger charge is 2.23. The molecule has 0 unspecified atom stereocenters. The van der Waals surface area contributed by atoms with E-state index in [0.29, 0.717) is 13.1 Å². The molecule has 6 heteroatoms. The summed E-state index contributed by atoms with van der Waals surface area (Å²) >= 11 is 7.33. The van der Waals surface area contributed by atoms with Gasteiger partial charge in [-0.25, -0.2) is 0 Å². The van der Waals surface area contributed by atoms with Crippen LogP contribution in [0.5, 0.6) is 0 Å². The smallest absolute Gasteiger partial charge is 0.242 e. The van der Waals surface area contributed by atoms with Crippen LogP contribution in [-0.4, -0.2) is 40.1 Å². The highest BCUT2D eigenvalue weighted by atomic mass is 35.5. The largest absolute Gasteiger partial charge is 0.332 e. The van der Waals surface area contributed by atoms with E-state index in [0.717, 1.165) is 10.4 Å². The summed E-state index contributed by atoms with van der Waals surface area (Å²) in [5.41, 5.74) is 1.07. The molecule has 2 amide bonds. The number of carbonyl (C=O) groups excluding carboxylic acids is 2. The van der Waals surface area contributed by atoms with Crippen molar-refractivity contribution in [3.63, 3.8) is 0 Å². The lowest BCUT2D eigenvalue weighted by molar-refractivity contribution is -0.142. The first-order valence-electron chi connectivity index (χ1n) is 8.70. The monoisotopic (exact) mass is 392 g/mol. The molecule has 1 aromatic carbocycles. The lowest BCUT2D eigenvalue weighted by Gasteiger charge is -2.30. The number of amides is 2. The second-order valence-electron chi connectivity index (χ2n) is 6.37. The zero-order valence-electron chi connectivity index (χ0n) is 15.2. The van der Waals surface area contributed by atoms with Crippen molar-refractivity contribution in [2.24, 2.45) is 0 Å². The summed E-state index contributed by atoms with van der Waals surface area (Å²) in [4.78, 5) is 29.8. The number of alkyl halides is 1. The van der Waals surface area contributed by atoms with Gasteiger partial charge in [-0.2, -0.15) is 0 Å². The van der Waals surface area contributed by atoms with E-state index in [1.165, 1.54) is 0 Å². The van der Waals surface area contributed by atoms with Crippen LogP contribution in [0.1, 0.15) is 30.7 Å². The van der Waals surface area contributed by atoms with Gasteiger partial charge in [-0.15, -0.1) is 22.9 Å². The summed E-state index contributed by atoms with van der Waals surface area (Å²) in [6.07, 6.45) is 0.247. The lowest BCUT2D eigenvalue weighted by atomic mass is 10.2. The van der Waals surface area contributed by atoms with Crippen LogP contribution >= 0.6 is 22.9 Å². The topological polar surface area (TPSA) is 40.6 Å². The minimum absolute atomic E-state index is 0.0463. The van der Waals surface area contributed by atoms with Crippen molar-refractivity contribution in [1.29, 1.82) is 0 Å². The molecule has 0 atom stereocenters. The number of thiophene rings is 1. The first kappa shape index (κ1) is 20.5. The molecule has 0 aliphatic rings. The summed E-state index contributed by atoms with van der Waals surface area (Å²) in [5, 5.41) is 2.00. The fourth-order valence-corrected chi connectivity index (χ4v) is 3.54. The van der Waals surface area contributed by atoms with Gasteiger partial charge in [-0.05, 0) is 30.9 Å². The minimum Gasteiger partial charge on any atom is -0.332 e. The van der Waals surface area contributed by atoms with Crippen LogP contribution in [0.3, 0.4) is 0 Å². The normalized spacial score (nSPS) is 10.8. The Bertz CT molecular complexity index is 689. The van der Waals surface area contributed by atoms with Crippen molar-refractivity contribution in [2.45, 2.75) is 39.4 Å². The molecule has 0 saturated carbocycles. The summed E-state index contributed by atoms with van der Waals surface area (Å²) in [5.74, 6) is 0.122. The Morgan fingerprint density at radius 1 is 1.04 bits per heavy atom. The van der Waals surface area contributed by atoms with Crippen molar-refractivity contribution in [3.05, 3.63) is 58.3 Å². The number of rotatable bonds is 9. The maximum Gasteiger partial charge on any atom is 0.242 e. The first-order chi connectivity index (χ1) is 12.5. The maximum atomic E-state index is 13.0. The molecule has 0 aliphatic carbocycles. The van der Waals surface area contributed by atoms with Gasteiger partial charge in [0.1, 0.15) is 0 Å². The van der Waals surface area contributed by atoms with E-state index < -0.39 is 0 Å². The van der Waals surface area contributed by atoms with E-state index in [9.17, 15) is 9.59 Å². The van der Waals surface area contributed by atoms with Crippen LogP contribution in [-0.2, 0) is 22.7 Å². The van der Waals surface area contributed by atoms with Gasteiger partial charge in [0.15, 0.2) is 0 Å². The molecule has 140 valence electrons. The number of hydrogen-bond donors (Lipinski definition) is 0. The number of nitrogens with zero attached hydrogens (tertiary/aromatic N) is 2. The zero-order valence-corrected chi connectivity index (χ0v) is 16.8. The van der Waals surface area contributed by atoms with Crippen molar-refractivity contribution in [1.82, 2.24) is 9.80 Å². The molecule has 4 nitrogen and oxygen atoms in total. The van der Waals surface area contributed by atoms with Gasteiger partial charge in [-0.3, -0.25) is 9.59 Å². The lowest BCUT2D eigenvalue weighted by Crippen LogP contribution is -2.45. The van der Waals surface area contributed by atoms with Gasteiger partial charge in [0, 0.05) is 29.8 Å². The van der Waals surface area contributed by atoms with Crippen LogP contribution in [0.4, 0.5) is 0 Å². The summed E-state index contributed by atoms with van der Waals surface area (Å²) in [7, 11) is 0. The van der Waals surface area contributed by atoms with Crippen LogP contribution in [0.15, 0.2) is 47.8 Å². The Morgan fingerprint density at radius 2 is 1.77 bits per heavy atom. The van der Waals surface area contributed by atoms with Crippen LogP contribution in [0.2, 0.25) is 0 Å². The Kier molecular flexibility index (Phi) is 8.13. The average Bonchev–Trinajstić information content (AvgIpc) is 3.12. The second kappa shape index (κ2) is 10.3. The standard InChI is InChI=1S/C20H25ClN2O2S/c1-16(2)23(19(24)10-11-21)15-20(25)22(14-18-9-6-12-26-18)13-17-7-4-3-5-8-17/h3-9,12,16H,10-11,13-15H2,1-2H3. The molecule has 0 bridgehead atoms. The molecule has 2 rings (SSSR count). The van der Waals surface area contributed by atoms with Gasteiger partial charge in [0.2, 0.25) is 11.8 Å². The predicted molar refractivity (Wildman–Crippen MR) is 107 cm³/mol. The van der Waals surface area contributed by atoms with Gasteiger partial charge in [0.05, 0.1) is 13.1 Å². The number of hydrogen-bond acceptors (Lipinski definition) is 3. The molecule has 1 aromatic heterocycles. The van der Waals surface area contributed by atoms with Crippen LogP contribution in [0, 0.1) is 0 Å². The molecule has 1 heterocycles. The summed E-state index contributed by atoms with van der Waals surface area (Å²) in [6, 6.07) is 13.9. The van der Waals surface area contributed by atoms with Gasteiger partial charge in [0.25, 0.3) is 0 Å². The molecule has 2 aromatic rings. The molecule has 0 N–H and O–H groups in total. The molecule has 0 fully saturated rings. The predicted octanol–water partition coefficient (Wildman–Crippen LogP) is 4.14. The molecule has 26 heavy (non-hydrogen) atoms. The van der Waals surface area contributed by atoms with Gasteiger partial charge >= 0.3 is 0 Å². The minimum atomic E-state index is -0.0841. The van der Waals surface area contributed by atoms with Gasteiger partial charge in [-0.1, -0.05) is 36.4 Å². The third kappa shape index (κ3) is 6.15. The van der Waals surface area contributed by atoms with E-state index in [1.54, 1.807) is 16.2 Å². The van der Waals surface area contributed by atoms with Crippen molar-refractivity contribution in [2.75, 3.05) is 12.4 Å². The number of halogens is 1. The quantitative estimate of drug-likeness (QED) is 0.601. The van der Waals surface area contributed by atoms with Crippen molar-refractivity contribution >= 4 is 34.8 Å². The molecule has 0 radical (unpaired) electrons. The molecular formula is C20H25ClN2O2S. The SMILES string of the molecule is CC(C)N(CC(=O)N(Cc1ccccc1)Cc1cccs1)C(=O)CCCl. The van der Waals surface area contributed by atoms with Gasteiger partial charge < -0.3 is 9.80 Å². The Morgan fingerprint density at radius 3 is 2.35 bits per heavy atom. The summed E-state index contributed by atoms with van der Waals surface area (Å²) in [6.45, 7) is 4.97. The molecule has 0 saturated heterocycles. The Balaban J connectivity index is 2.14. The Labute approximate surface area is 164 Å². The summed E-state index contributed by atoms with van der Waals surface area (Å²) < 4.78 is 0. The van der Waals surface area contributed by atoms with E-state index in [-0.39, 0.29) is 36.7 Å². The fraction of sp³-hybridized carbons (Fsp3) is 0.400. The Hall–Kier alpha value is -1.85. The van der Waals surface area contributed by atoms with E-state index in [1.807, 2.05) is 66.6 Å². The maximum absolute atomic E-state index is 13.0. The highest BCUT2D eigenvalue weighted by Crippen LogP contribution is 2.16. The molecular weight excluding hydrogens is 368 g/mol. The third-order valence-electron chi connectivity index (χ3n) is 4.05. The van der Waals surface area contributed by atoms with Crippen LogP contribution < -0.4 is 0 Å². The zero-order chi connectivity index (χ0) is 18.9. The number of carbonyl (C=O) groups is 2. The first-order valence-corrected chi connectivity index (χ1v) is 10.1. The van der Waals surface area contributed by atoms with E-state index in [2.05, 4.69) is 0 Å². The third-order valence-corrected chi connectivity index (χ3v) is 5.10. The van der Waals surface area contributed by atoms with E-state index in [4.69, 9.17) is 11.6 Å². The average molecular weight is 393 g/mol. The fourth-order valence-electron chi connectivity index (χ4n) is 2.66. The van der Waals surface area contributed by atoms with Crippen molar-refractivity contribution < 1.29 is 9.59 Å². The highest BCUT2D eigenvalue weighted by molar-refractivity contribution is 7.09. The van der Waals surface area contributed by atoms with Crippen LogP contribution in [0.25, 0.3) is 0 Å². The molecule has 0 spiro atoms.